The number of nitrogens with one attached hydrogen (secondary N) is 1. The fraction of sp³-hybridized carbons (Fsp3) is 0.267. The number of carbonyl (C=O) groups is 1. The number of pyridine rings is 2. The van der Waals surface area contributed by atoms with E-state index in [0.717, 1.165) is 5.69 Å². The van der Waals surface area contributed by atoms with Gasteiger partial charge in [-0.1, -0.05) is 26.8 Å². The number of aromatic nitrogens is 2. The highest BCUT2D eigenvalue weighted by Crippen LogP contribution is 2.20. The van der Waals surface area contributed by atoms with Crippen LogP contribution in [0.25, 0.3) is 0 Å². The molecule has 0 saturated heterocycles. The molecule has 19 heavy (non-hydrogen) atoms. The summed E-state index contributed by atoms with van der Waals surface area (Å²) < 4.78 is 0. The van der Waals surface area contributed by atoms with Crippen molar-refractivity contribution in [2.45, 2.75) is 26.2 Å². The normalized spacial score (nSPS) is 11.1. The van der Waals surface area contributed by atoms with Gasteiger partial charge in [0.2, 0.25) is 0 Å². The maximum absolute atomic E-state index is 12.1. The molecule has 0 saturated carbocycles. The van der Waals surface area contributed by atoms with Crippen molar-refractivity contribution in [1.82, 2.24) is 9.97 Å². The van der Waals surface area contributed by atoms with Gasteiger partial charge in [0.1, 0.15) is 5.82 Å². The molecular formula is C15H17N3O. The van der Waals surface area contributed by atoms with Gasteiger partial charge in [0, 0.05) is 29.1 Å². The molecule has 0 radical (unpaired) electrons. The van der Waals surface area contributed by atoms with Crippen LogP contribution in [0.1, 0.15) is 36.8 Å². The molecule has 2 heterocycles. The maximum atomic E-state index is 12.1. The fourth-order valence-corrected chi connectivity index (χ4v) is 1.61. The third-order valence-corrected chi connectivity index (χ3v) is 2.70. The molecule has 0 aromatic carbocycles. The van der Waals surface area contributed by atoms with Crippen molar-refractivity contribution in [1.29, 1.82) is 0 Å². The number of rotatable bonds is 2. The minimum atomic E-state index is -0.174. The Morgan fingerprint density at radius 2 is 1.89 bits per heavy atom. The minimum Gasteiger partial charge on any atom is -0.307 e. The van der Waals surface area contributed by atoms with Crippen molar-refractivity contribution >= 4 is 11.7 Å². The number of carbonyl (C=O) groups excluding carboxylic acids is 1. The third-order valence-electron chi connectivity index (χ3n) is 2.70. The van der Waals surface area contributed by atoms with Crippen molar-refractivity contribution in [3.8, 4) is 0 Å². The standard InChI is InChI=1S/C15H17N3O/c1-15(2,3)12-10-11(7-9-16-12)14(19)18-13-6-4-5-8-17-13/h4-10H,1-3H3,(H,17,18,19). The molecule has 98 valence electrons. The van der Waals surface area contributed by atoms with Crippen molar-refractivity contribution in [2.75, 3.05) is 5.32 Å². The number of nitrogens with zero attached hydrogens (tertiary/aromatic N) is 2. The van der Waals surface area contributed by atoms with Gasteiger partial charge in [-0.3, -0.25) is 9.78 Å². The van der Waals surface area contributed by atoms with Gasteiger partial charge in [-0.2, -0.15) is 0 Å². The highest BCUT2D eigenvalue weighted by atomic mass is 16.1. The van der Waals surface area contributed by atoms with Crippen LogP contribution in [0.3, 0.4) is 0 Å². The Morgan fingerprint density at radius 1 is 1.11 bits per heavy atom. The zero-order valence-corrected chi connectivity index (χ0v) is 11.3. The van der Waals surface area contributed by atoms with Crippen molar-refractivity contribution in [3.63, 3.8) is 0 Å². The summed E-state index contributed by atoms with van der Waals surface area (Å²) in [5.41, 5.74) is 1.40. The van der Waals surface area contributed by atoms with Gasteiger partial charge in [-0.15, -0.1) is 0 Å². The first-order valence-electron chi connectivity index (χ1n) is 6.16. The molecule has 0 fully saturated rings. The topological polar surface area (TPSA) is 54.9 Å². The van der Waals surface area contributed by atoms with Crippen molar-refractivity contribution < 1.29 is 4.79 Å². The van der Waals surface area contributed by atoms with Crippen LogP contribution in [0.5, 0.6) is 0 Å². The van der Waals surface area contributed by atoms with Gasteiger partial charge in [0.15, 0.2) is 0 Å². The van der Waals surface area contributed by atoms with Crippen LogP contribution < -0.4 is 5.32 Å². The molecule has 4 heteroatoms. The van der Waals surface area contributed by atoms with Gasteiger partial charge in [0.05, 0.1) is 0 Å². The summed E-state index contributed by atoms with van der Waals surface area (Å²) in [6, 6.07) is 8.91. The first kappa shape index (κ1) is 13.2. The summed E-state index contributed by atoms with van der Waals surface area (Å²) in [4.78, 5) is 20.5. The first-order valence-corrected chi connectivity index (χ1v) is 6.16. The highest BCUT2D eigenvalue weighted by Gasteiger charge is 2.17. The smallest absolute Gasteiger partial charge is 0.256 e. The lowest BCUT2D eigenvalue weighted by Crippen LogP contribution is -2.17. The summed E-state index contributed by atoms with van der Waals surface area (Å²) in [6.45, 7) is 6.20. The molecule has 2 rings (SSSR count). The Bertz CT molecular complexity index is 573. The summed E-state index contributed by atoms with van der Waals surface area (Å²) in [7, 11) is 0. The van der Waals surface area contributed by atoms with Crippen LogP contribution in [0.2, 0.25) is 0 Å². The molecule has 4 nitrogen and oxygen atoms in total. The van der Waals surface area contributed by atoms with Crippen LogP contribution >= 0.6 is 0 Å². The second-order valence-electron chi connectivity index (χ2n) is 5.35. The van der Waals surface area contributed by atoms with Gasteiger partial charge in [-0.05, 0) is 24.3 Å². The molecule has 0 atom stereocenters. The number of anilines is 1. The minimum absolute atomic E-state index is 0.0821. The van der Waals surface area contributed by atoms with E-state index in [1.165, 1.54) is 0 Å². The Morgan fingerprint density at radius 3 is 2.53 bits per heavy atom. The van der Waals surface area contributed by atoms with E-state index in [1.807, 2.05) is 12.1 Å². The molecule has 0 bridgehead atoms. The molecular weight excluding hydrogens is 238 g/mol. The molecule has 0 spiro atoms. The highest BCUT2D eigenvalue weighted by molar-refractivity contribution is 6.03. The predicted molar refractivity (Wildman–Crippen MR) is 75.1 cm³/mol. The lowest BCUT2D eigenvalue weighted by atomic mass is 9.91. The molecule has 0 aliphatic carbocycles. The maximum Gasteiger partial charge on any atom is 0.256 e. The molecule has 1 amide bonds. The Balaban J connectivity index is 2.20. The fourth-order valence-electron chi connectivity index (χ4n) is 1.61. The Hall–Kier alpha value is -2.23. The quantitative estimate of drug-likeness (QED) is 0.897. The Labute approximate surface area is 112 Å². The third kappa shape index (κ3) is 3.37. The van der Waals surface area contributed by atoms with Crippen LogP contribution in [-0.2, 0) is 5.41 Å². The summed E-state index contributed by atoms with van der Waals surface area (Å²) in [6.07, 6.45) is 3.30. The monoisotopic (exact) mass is 255 g/mol. The average molecular weight is 255 g/mol. The van der Waals surface area contributed by atoms with Crippen LogP contribution in [-0.4, -0.2) is 15.9 Å². The van der Waals surface area contributed by atoms with E-state index in [9.17, 15) is 4.79 Å². The van der Waals surface area contributed by atoms with Gasteiger partial charge < -0.3 is 5.32 Å². The molecule has 0 unspecified atom stereocenters. The van der Waals surface area contributed by atoms with E-state index in [4.69, 9.17) is 0 Å². The lowest BCUT2D eigenvalue weighted by Gasteiger charge is -2.18. The van der Waals surface area contributed by atoms with E-state index in [2.05, 4.69) is 36.1 Å². The second kappa shape index (κ2) is 5.18. The summed E-state index contributed by atoms with van der Waals surface area (Å²) in [5, 5.41) is 2.76. The molecule has 0 aliphatic heterocycles. The summed E-state index contributed by atoms with van der Waals surface area (Å²) in [5.74, 6) is 0.369. The van der Waals surface area contributed by atoms with Crippen molar-refractivity contribution in [3.05, 3.63) is 54.0 Å². The van der Waals surface area contributed by atoms with E-state index >= 15 is 0 Å². The number of hydrogen-bond donors (Lipinski definition) is 1. The zero-order valence-electron chi connectivity index (χ0n) is 11.3. The molecule has 2 aromatic heterocycles. The zero-order chi connectivity index (χ0) is 13.9. The molecule has 0 aliphatic rings. The summed E-state index contributed by atoms with van der Waals surface area (Å²) >= 11 is 0. The van der Waals surface area contributed by atoms with E-state index in [0.29, 0.717) is 11.4 Å². The second-order valence-corrected chi connectivity index (χ2v) is 5.35. The van der Waals surface area contributed by atoms with Crippen LogP contribution in [0.4, 0.5) is 5.82 Å². The number of amides is 1. The predicted octanol–water partition coefficient (Wildman–Crippen LogP) is 3.03. The van der Waals surface area contributed by atoms with E-state index in [1.54, 1.807) is 30.6 Å². The van der Waals surface area contributed by atoms with Crippen LogP contribution in [0, 0.1) is 0 Å². The van der Waals surface area contributed by atoms with Gasteiger partial charge in [0.25, 0.3) is 5.91 Å². The molecule has 2 aromatic rings. The SMILES string of the molecule is CC(C)(C)c1cc(C(=O)Nc2ccccn2)ccn1. The Kier molecular flexibility index (Phi) is 3.60. The first-order chi connectivity index (χ1) is 8.97. The average Bonchev–Trinajstić information content (AvgIpc) is 2.39. The van der Waals surface area contributed by atoms with Crippen molar-refractivity contribution in [2.24, 2.45) is 0 Å². The van der Waals surface area contributed by atoms with Gasteiger partial charge >= 0.3 is 0 Å². The van der Waals surface area contributed by atoms with E-state index < -0.39 is 0 Å². The lowest BCUT2D eigenvalue weighted by molar-refractivity contribution is 0.102. The van der Waals surface area contributed by atoms with E-state index in [-0.39, 0.29) is 11.3 Å². The van der Waals surface area contributed by atoms with Gasteiger partial charge in [-0.25, -0.2) is 4.98 Å². The largest absolute Gasteiger partial charge is 0.307 e. The number of hydrogen-bond acceptors (Lipinski definition) is 3. The van der Waals surface area contributed by atoms with Crippen LogP contribution in [0.15, 0.2) is 42.7 Å². The molecule has 1 N–H and O–H groups in total.